The summed E-state index contributed by atoms with van der Waals surface area (Å²) in [7, 11) is 0. The Morgan fingerprint density at radius 1 is 1.17 bits per heavy atom. The number of aryl methyl sites for hydroxylation is 1. The lowest BCUT2D eigenvalue weighted by atomic mass is 10.2. The Labute approximate surface area is 143 Å². The van der Waals surface area contributed by atoms with E-state index < -0.39 is 18.5 Å². The van der Waals surface area contributed by atoms with Crippen LogP contribution < -0.4 is 11.1 Å². The average Bonchev–Trinajstić information content (AvgIpc) is 2.51. The van der Waals surface area contributed by atoms with Crippen molar-refractivity contribution in [1.82, 2.24) is 0 Å². The maximum absolute atomic E-state index is 11.9. The number of amides is 1. The minimum Gasteiger partial charge on any atom is -0.452 e. The molecule has 0 spiro atoms. The number of benzene rings is 2. The first-order valence-electron chi connectivity index (χ1n) is 6.65. The lowest BCUT2D eigenvalue weighted by molar-refractivity contribution is -0.119. The summed E-state index contributed by atoms with van der Waals surface area (Å²) < 4.78 is 4.94. The molecule has 0 bridgehead atoms. The van der Waals surface area contributed by atoms with Crippen molar-refractivity contribution in [1.29, 1.82) is 0 Å². The van der Waals surface area contributed by atoms with Crippen molar-refractivity contribution in [2.45, 2.75) is 6.92 Å². The first-order chi connectivity index (χ1) is 10.9. The molecule has 0 saturated carbocycles. The molecule has 0 heterocycles. The number of carbonyl (C=O) groups excluding carboxylic acids is 2. The smallest absolute Gasteiger partial charge is 0.338 e. The molecule has 120 valence electrons. The fourth-order valence-corrected chi connectivity index (χ4v) is 2.09. The molecule has 0 aliphatic rings. The number of nitrogen functional groups attached to an aromatic ring is 1. The van der Waals surface area contributed by atoms with E-state index >= 15 is 0 Å². The Morgan fingerprint density at radius 2 is 1.91 bits per heavy atom. The molecule has 7 heteroatoms. The minimum absolute atomic E-state index is 0.221. The maximum atomic E-state index is 11.9. The minimum atomic E-state index is -0.661. The van der Waals surface area contributed by atoms with E-state index in [2.05, 4.69) is 5.32 Å². The number of carbonyl (C=O) groups is 2. The number of rotatable bonds is 4. The predicted molar refractivity (Wildman–Crippen MR) is 91.0 cm³/mol. The highest BCUT2D eigenvalue weighted by Gasteiger charge is 2.12. The van der Waals surface area contributed by atoms with E-state index in [-0.39, 0.29) is 11.3 Å². The van der Waals surface area contributed by atoms with Gasteiger partial charge in [0.1, 0.15) is 0 Å². The monoisotopic (exact) mass is 352 g/mol. The van der Waals surface area contributed by atoms with Crippen LogP contribution >= 0.6 is 23.2 Å². The van der Waals surface area contributed by atoms with Gasteiger partial charge < -0.3 is 15.8 Å². The van der Waals surface area contributed by atoms with Crippen LogP contribution in [-0.4, -0.2) is 18.5 Å². The number of esters is 1. The Morgan fingerprint density at radius 3 is 2.61 bits per heavy atom. The highest BCUT2D eigenvalue weighted by atomic mass is 35.5. The van der Waals surface area contributed by atoms with Gasteiger partial charge in [-0.3, -0.25) is 4.79 Å². The van der Waals surface area contributed by atoms with Crippen molar-refractivity contribution >= 4 is 46.5 Å². The van der Waals surface area contributed by atoms with E-state index in [1.54, 1.807) is 18.2 Å². The summed E-state index contributed by atoms with van der Waals surface area (Å²) >= 11 is 11.7. The SMILES string of the molecule is Cc1ccc(Cl)cc1NC(=O)COC(=O)c1ccc(Cl)c(N)c1. The number of hydrogen-bond acceptors (Lipinski definition) is 4. The summed E-state index contributed by atoms with van der Waals surface area (Å²) in [5.41, 5.74) is 7.51. The van der Waals surface area contributed by atoms with E-state index in [4.69, 9.17) is 33.7 Å². The lowest BCUT2D eigenvalue weighted by Crippen LogP contribution is -2.21. The summed E-state index contributed by atoms with van der Waals surface area (Å²) in [5.74, 6) is -1.13. The number of nitrogens with two attached hydrogens (primary N) is 1. The average molecular weight is 353 g/mol. The molecule has 3 N–H and O–H groups in total. The van der Waals surface area contributed by atoms with E-state index in [1.165, 1.54) is 18.2 Å². The van der Waals surface area contributed by atoms with Crippen LogP contribution in [-0.2, 0) is 9.53 Å². The van der Waals surface area contributed by atoms with Crippen LogP contribution in [0.3, 0.4) is 0 Å². The zero-order valence-electron chi connectivity index (χ0n) is 12.2. The fraction of sp³-hybridized carbons (Fsp3) is 0.125. The Bertz CT molecular complexity index is 763. The van der Waals surface area contributed by atoms with Crippen LogP contribution in [0.25, 0.3) is 0 Å². The summed E-state index contributed by atoms with van der Waals surface area (Å²) in [6, 6.07) is 9.47. The summed E-state index contributed by atoms with van der Waals surface area (Å²) in [5, 5.41) is 3.47. The van der Waals surface area contributed by atoms with Crippen LogP contribution in [0.5, 0.6) is 0 Å². The highest BCUT2D eigenvalue weighted by molar-refractivity contribution is 6.33. The third kappa shape index (κ3) is 4.61. The molecular weight excluding hydrogens is 339 g/mol. The van der Waals surface area contributed by atoms with Crippen LogP contribution in [0.1, 0.15) is 15.9 Å². The topological polar surface area (TPSA) is 81.4 Å². The van der Waals surface area contributed by atoms with Gasteiger partial charge in [0.2, 0.25) is 0 Å². The van der Waals surface area contributed by atoms with Gasteiger partial charge in [0.05, 0.1) is 16.3 Å². The van der Waals surface area contributed by atoms with E-state index in [0.29, 0.717) is 15.7 Å². The first kappa shape index (κ1) is 17.1. The molecule has 2 rings (SSSR count). The van der Waals surface area contributed by atoms with Crippen LogP contribution in [0.15, 0.2) is 36.4 Å². The van der Waals surface area contributed by atoms with Crippen molar-refractivity contribution < 1.29 is 14.3 Å². The zero-order valence-corrected chi connectivity index (χ0v) is 13.7. The van der Waals surface area contributed by atoms with Gasteiger partial charge in [0.25, 0.3) is 5.91 Å². The number of nitrogens with one attached hydrogen (secondary N) is 1. The molecule has 0 atom stereocenters. The summed E-state index contributed by atoms with van der Waals surface area (Å²) in [6.07, 6.45) is 0. The third-order valence-electron chi connectivity index (χ3n) is 3.04. The molecule has 2 aromatic rings. The second kappa shape index (κ2) is 7.35. The largest absolute Gasteiger partial charge is 0.452 e. The first-order valence-corrected chi connectivity index (χ1v) is 7.40. The molecule has 0 aliphatic heterocycles. The Balaban J connectivity index is 1.94. The van der Waals surface area contributed by atoms with Crippen LogP contribution in [0, 0.1) is 6.92 Å². The third-order valence-corrected chi connectivity index (χ3v) is 3.62. The number of anilines is 2. The van der Waals surface area contributed by atoms with Gasteiger partial charge in [0, 0.05) is 10.7 Å². The maximum Gasteiger partial charge on any atom is 0.338 e. The zero-order chi connectivity index (χ0) is 17.0. The second-order valence-electron chi connectivity index (χ2n) is 4.82. The van der Waals surface area contributed by atoms with Crippen molar-refractivity contribution in [3.63, 3.8) is 0 Å². The quantitative estimate of drug-likeness (QED) is 0.649. The van der Waals surface area contributed by atoms with E-state index in [0.717, 1.165) is 5.56 Å². The van der Waals surface area contributed by atoms with Gasteiger partial charge in [-0.05, 0) is 42.8 Å². The van der Waals surface area contributed by atoms with Gasteiger partial charge in [-0.1, -0.05) is 29.3 Å². The van der Waals surface area contributed by atoms with Crippen molar-refractivity contribution in [3.05, 3.63) is 57.6 Å². The molecule has 0 fully saturated rings. The van der Waals surface area contributed by atoms with Crippen LogP contribution in [0.2, 0.25) is 10.0 Å². The second-order valence-corrected chi connectivity index (χ2v) is 5.66. The Hall–Kier alpha value is -2.24. The lowest BCUT2D eigenvalue weighted by Gasteiger charge is -2.09. The number of ether oxygens (including phenoxy) is 1. The molecule has 0 saturated heterocycles. The van der Waals surface area contributed by atoms with E-state index in [1.807, 2.05) is 6.92 Å². The summed E-state index contributed by atoms with van der Waals surface area (Å²) in [4.78, 5) is 23.7. The van der Waals surface area contributed by atoms with Gasteiger partial charge in [-0.15, -0.1) is 0 Å². The van der Waals surface area contributed by atoms with Gasteiger partial charge in [-0.2, -0.15) is 0 Å². The van der Waals surface area contributed by atoms with Crippen molar-refractivity contribution in [2.24, 2.45) is 0 Å². The molecule has 1 amide bonds. The molecule has 0 aliphatic carbocycles. The molecule has 2 aromatic carbocycles. The standard InChI is InChI=1S/C16H14Cl2N2O3/c1-9-2-4-11(17)7-14(9)20-15(21)8-23-16(22)10-3-5-12(18)13(19)6-10/h2-7H,8,19H2,1H3,(H,20,21). The molecule has 0 unspecified atom stereocenters. The number of halogens is 2. The molecule has 0 aromatic heterocycles. The number of hydrogen-bond donors (Lipinski definition) is 2. The predicted octanol–water partition coefficient (Wildman–Crippen LogP) is 3.68. The van der Waals surface area contributed by atoms with Crippen molar-refractivity contribution in [2.75, 3.05) is 17.7 Å². The highest BCUT2D eigenvalue weighted by Crippen LogP contribution is 2.21. The Kier molecular flexibility index (Phi) is 5.47. The molecule has 5 nitrogen and oxygen atoms in total. The molecular formula is C16H14Cl2N2O3. The normalized spacial score (nSPS) is 10.2. The van der Waals surface area contributed by atoms with Crippen LogP contribution in [0.4, 0.5) is 11.4 Å². The van der Waals surface area contributed by atoms with Gasteiger partial charge in [-0.25, -0.2) is 4.79 Å². The van der Waals surface area contributed by atoms with Gasteiger partial charge in [0.15, 0.2) is 6.61 Å². The molecule has 23 heavy (non-hydrogen) atoms. The molecule has 0 radical (unpaired) electrons. The van der Waals surface area contributed by atoms with Crippen molar-refractivity contribution in [3.8, 4) is 0 Å². The fourth-order valence-electron chi connectivity index (χ4n) is 1.80. The summed E-state index contributed by atoms with van der Waals surface area (Å²) in [6.45, 7) is 1.40. The van der Waals surface area contributed by atoms with Gasteiger partial charge >= 0.3 is 5.97 Å². The van der Waals surface area contributed by atoms with E-state index in [9.17, 15) is 9.59 Å².